The van der Waals surface area contributed by atoms with Crippen molar-refractivity contribution in [2.45, 2.75) is 20.8 Å². The van der Waals surface area contributed by atoms with Crippen molar-refractivity contribution in [1.29, 1.82) is 0 Å². The third-order valence-corrected chi connectivity index (χ3v) is 4.14. The number of hydrogen-bond donors (Lipinski definition) is 1. The number of pyridine rings is 1. The van der Waals surface area contributed by atoms with Crippen molar-refractivity contribution in [2.24, 2.45) is 0 Å². The Labute approximate surface area is 139 Å². The van der Waals surface area contributed by atoms with E-state index in [-0.39, 0.29) is 5.91 Å². The molecule has 0 saturated heterocycles. The molecule has 0 bridgehead atoms. The molecule has 0 spiro atoms. The fourth-order valence-electron chi connectivity index (χ4n) is 2.23. The first kappa shape index (κ1) is 16.5. The maximum absolute atomic E-state index is 12.4. The Morgan fingerprint density at radius 2 is 1.95 bits per heavy atom. The fraction of sp³-hybridized carbons (Fsp3) is 0.294. The maximum Gasteiger partial charge on any atom is 0.257 e. The molecular weight excluding hydrogens is 342 g/mol. The molecule has 1 aromatic carbocycles. The summed E-state index contributed by atoms with van der Waals surface area (Å²) in [6, 6.07) is 7.70. The highest BCUT2D eigenvalue weighted by atomic mass is 79.9. The lowest BCUT2D eigenvalue weighted by molar-refractivity contribution is 0.102. The van der Waals surface area contributed by atoms with E-state index in [0.29, 0.717) is 5.56 Å². The number of amides is 1. The topological polar surface area (TPSA) is 45.2 Å². The van der Waals surface area contributed by atoms with Crippen LogP contribution in [0.25, 0.3) is 0 Å². The highest BCUT2D eigenvalue weighted by Gasteiger charge is 2.11. The van der Waals surface area contributed by atoms with Crippen molar-refractivity contribution < 1.29 is 4.79 Å². The molecule has 0 atom stereocenters. The van der Waals surface area contributed by atoms with E-state index in [1.165, 1.54) is 0 Å². The summed E-state index contributed by atoms with van der Waals surface area (Å²) in [5.74, 6) is -0.161. The van der Waals surface area contributed by atoms with Gasteiger partial charge >= 0.3 is 0 Å². The van der Waals surface area contributed by atoms with Gasteiger partial charge in [-0.15, -0.1) is 0 Å². The average molecular weight is 362 g/mol. The minimum absolute atomic E-state index is 0.161. The van der Waals surface area contributed by atoms with Gasteiger partial charge in [-0.2, -0.15) is 0 Å². The normalized spacial score (nSPS) is 10.4. The Morgan fingerprint density at radius 1 is 1.23 bits per heavy atom. The highest BCUT2D eigenvalue weighted by Crippen LogP contribution is 2.24. The van der Waals surface area contributed by atoms with Crippen LogP contribution >= 0.6 is 15.9 Å². The van der Waals surface area contributed by atoms with Crippen LogP contribution in [0.5, 0.6) is 0 Å². The van der Waals surface area contributed by atoms with E-state index in [2.05, 4.69) is 45.0 Å². The second-order valence-electron chi connectivity index (χ2n) is 5.04. The SMILES string of the molecule is CCN(CC)c1cncc(C(=O)Nc2ccc(C)cc2Br)c1. The predicted octanol–water partition coefficient (Wildman–Crippen LogP) is 4.25. The Morgan fingerprint density at radius 3 is 2.59 bits per heavy atom. The fourth-order valence-corrected chi connectivity index (χ4v) is 2.82. The highest BCUT2D eigenvalue weighted by molar-refractivity contribution is 9.10. The van der Waals surface area contributed by atoms with Gasteiger partial charge in [0.05, 0.1) is 23.1 Å². The summed E-state index contributed by atoms with van der Waals surface area (Å²) in [4.78, 5) is 18.8. The zero-order valence-corrected chi connectivity index (χ0v) is 14.6. The molecule has 2 rings (SSSR count). The van der Waals surface area contributed by atoms with Gasteiger partial charge in [0.2, 0.25) is 0 Å². The lowest BCUT2D eigenvalue weighted by Gasteiger charge is -2.20. The van der Waals surface area contributed by atoms with E-state index < -0.39 is 0 Å². The van der Waals surface area contributed by atoms with Crippen LogP contribution in [0, 0.1) is 6.92 Å². The van der Waals surface area contributed by atoms with Gasteiger partial charge in [0.25, 0.3) is 5.91 Å². The third-order valence-electron chi connectivity index (χ3n) is 3.49. The second kappa shape index (κ2) is 7.40. The second-order valence-corrected chi connectivity index (χ2v) is 5.90. The number of aryl methyl sites for hydroxylation is 1. The number of aromatic nitrogens is 1. The minimum atomic E-state index is -0.161. The number of carbonyl (C=O) groups excluding carboxylic acids is 1. The van der Waals surface area contributed by atoms with Gasteiger partial charge in [0, 0.05) is 23.8 Å². The van der Waals surface area contributed by atoms with E-state index in [1.807, 2.05) is 31.2 Å². The molecular formula is C17H20BrN3O. The molecule has 0 aliphatic heterocycles. The van der Waals surface area contributed by atoms with Crippen molar-refractivity contribution in [3.05, 3.63) is 52.3 Å². The van der Waals surface area contributed by atoms with E-state index in [0.717, 1.165) is 34.5 Å². The van der Waals surface area contributed by atoms with Crippen LogP contribution < -0.4 is 10.2 Å². The van der Waals surface area contributed by atoms with Crippen LogP contribution in [-0.4, -0.2) is 24.0 Å². The van der Waals surface area contributed by atoms with Gasteiger partial charge in [0.1, 0.15) is 0 Å². The summed E-state index contributed by atoms with van der Waals surface area (Å²) in [5, 5.41) is 2.91. The van der Waals surface area contributed by atoms with Crippen molar-refractivity contribution in [3.8, 4) is 0 Å². The first-order chi connectivity index (χ1) is 10.5. The molecule has 5 heteroatoms. The van der Waals surface area contributed by atoms with E-state index in [4.69, 9.17) is 0 Å². The molecule has 22 heavy (non-hydrogen) atoms. The van der Waals surface area contributed by atoms with Gasteiger partial charge in [-0.3, -0.25) is 9.78 Å². The van der Waals surface area contributed by atoms with Gasteiger partial charge in [-0.1, -0.05) is 6.07 Å². The standard InChI is InChI=1S/C17H20BrN3O/c1-4-21(5-2)14-9-13(10-19-11-14)17(22)20-16-7-6-12(3)8-15(16)18/h6-11H,4-5H2,1-3H3,(H,20,22). The molecule has 1 aromatic heterocycles. The number of benzene rings is 1. The van der Waals surface area contributed by atoms with Gasteiger partial charge in [-0.25, -0.2) is 0 Å². The quantitative estimate of drug-likeness (QED) is 0.865. The molecule has 0 aliphatic carbocycles. The summed E-state index contributed by atoms with van der Waals surface area (Å²) in [5.41, 5.74) is 3.40. The molecule has 1 amide bonds. The number of hydrogen-bond acceptors (Lipinski definition) is 3. The number of rotatable bonds is 5. The zero-order chi connectivity index (χ0) is 16.1. The Balaban J connectivity index is 2.21. The van der Waals surface area contributed by atoms with E-state index in [9.17, 15) is 4.79 Å². The third kappa shape index (κ3) is 3.85. The van der Waals surface area contributed by atoms with Crippen LogP contribution in [0.2, 0.25) is 0 Å². The Hall–Kier alpha value is -1.88. The van der Waals surface area contributed by atoms with Crippen molar-refractivity contribution in [2.75, 3.05) is 23.3 Å². The molecule has 0 unspecified atom stereocenters. The lowest BCUT2D eigenvalue weighted by atomic mass is 10.2. The molecule has 0 saturated carbocycles. The zero-order valence-electron chi connectivity index (χ0n) is 13.1. The van der Waals surface area contributed by atoms with Crippen molar-refractivity contribution >= 4 is 33.2 Å². The van der Waals surface area contributed by atoms with Crippen molar-refractivity contribution in [3.63, 3.8) is 0 Å². The Kier molecular flexibility index (Phi) is 5.55. The Bertz CT molecular complexity index is 669. The molecule has 2 aromatic rings. The number of carbonyl (C=O) groups is 1. The molecule has 4 nitrogen and oxygen atoms in total. The number of halogens is 1. The van der Waals surface area contributed by atoms with Crippen LogP contribution in [-0.2, 0) is 0 Å². The van der Waals surface area contributed by atoms with Crippen LogP contribution in [0.4, 0.5) is 11.4 Å². The summed E-state index contributed by atoms with van der Waals surface area (Å²) in [6.45, 7) is 7.94. The number of nitrogens with zero attached hydrogens (tertiary/aromatic N) is 2. The first-order valence-electron chi connectivity index (χ1n) is 7.32. The lowest BCUT2D eigenvalue weighted by Crippen LogP contribution is -2.22. The largest absolute Gasteiger partial charge is 0.371 e. The van der Waals surface area contributed by atoms with E-state index in [1.54, 1.807) is 12.4 Å². The summed E-state index contributed by atoms with van der Waals surface area (Å²) < 4.78 is 0.869. The molecule has 116 valence electrons. The van der Waals surface area contributed by atoms with Crippen LogP contribution in [0.3, 0.4) is 0 Å². The molecule has 0 aliphatic rings. The average Bonchev–Trinajstić information content (AvgIpc) is 2.51. The predicted molar refractivity (Wildman–Crippen MR) is 94.6 cm³/mol. The van der Waals surface area contributed by atoms with Crippen molar-refractivity contribution in [1.82, 2.24) is 4.98 Å². The maximum atomic E-state index is 12.4. The van der Waals surface area contributed by atoms with Gasteiger partial charge in [-0.05, 0) is 60.5 Å². The number of anilines is 2. The molecule has 0 radical (unpaired) electrons. The number of nitrogens with one attached hydrogen (secondary N) is 1. The summed E-state index contributed by atoms with van der Waals surface area (Å²) in [7, 11) is 0. The summed E-state index contributed by atoms with van der Waals surface area (Å²) >= 11 is 3.47. The van der Waals surface area contributed by atoms with E-state index >= 15 is 0 Å². The minimum Gasteiger partial charge on any atom is -0.371 e. The smallest absolute Gasteiger partial charge is 0.257 e. The van der Waals surface area contributed by atoms with Crippen LogP contribution in [0.1, 0.15) is 29.8 Å². The molecule has 1 heterocycles. The first-order valence-corrected chi connectivity index (χ1v) is 8.12. The molecule has 1 N–H and O–H groups in total. The van der Waals surface area contributed by atoms with Crippen LogP contribution in [0.15, 0.2) is 41.1 Å². The molecule has 0 fully saturated rings. The van der Waals surface area contributed by atoms with Gasteiger partial charge in [0.15, 0.2) is 0 Å². The summed E-state index contributed by atoms with van der Waals surface area (Å²) in [6.07, 6.45) is 3.37. The van der Waals surface area contributed by atoms with Gasteiger partial charge < -0.3 is 10.2 Å². The monoisotopic (exact) mass is 361 g/mol.